The quantitative estimate of drug-likeness (QED) is 0.558. The van der Waals surface area contributed by atoms with Gasteiger partial charge in [-0.05, 0) is 12.8 Å². The van der Waals surface area contributed by atoms with Crippen molar-refractivity contribution < 1.29 is 19.7 Å². The molecule has 2 atom stereocenters. The lowest BCUT2D eigenvalue weighted by atomic mass is 10.2. The zero-order valence-electron chi connectivity index (χ0n) is 12.8. The molecule has 128 valence electrons. The Hall–Kier alpha value is -2.01. The van der Waals surface area contributed by atoms with E-state index in [4.69, 9.17) is 20.7 Å². The standard InChI is InChI=1S/C10H13N5O3.C3H8O2/c11-10-13-8-7(9(17)14-10)12-4-15(8)6-2-1-5(3-16)18-6;1-5-3-2-4/h4-6,16H,1-3H2,(H3,11,13,14,17);4H,2-3H2,1H3. The molecule has 1 aliphatic rings. The predicted octanol–water partition coefficient (Wildman–Crippen LogP) is -1.00. The molecule has 2 aromatic heterocycles. The van der Waals surface area contributed by atoms with E-state index in [0.29, 0.717) is 12.3 Å². The van der Waals surface area contributed by atoms with Gasteiger partial charge >= 0.3 is 0 Å². The van der Waals surface area contributed by atoms with Crippen LogP contribution in [0.2, 0.25) is 0 Å². The van der Waals surface area contributed by atoms with Crippen LogP contribution in [0.5, 0.6) is 0 Å². The van der Waals surface area contributed by atoms with Gasteiger partial charge in [0, 0.05) is 7.11 Å². The van der Waals surface area contributed by atoms with Crippen molar-refractivity contribution in [2.24, 2.45) is 0 Å². The molecule has 0 amide bonds. The average molecular weight is 327 g/mol. The van der Waals surface area contributed by atoms with Crippen molar-refractivity contribution >= 4 is 17.1 Å². The SMILES string of the molecule is COCCO.Nc1nc2c(ncn2C2CCC(CO)O2)c(=O)[nH]1. The van der Waals surface area contributed by atoms with E-state index in [9.17, 15) is 4.79 Å². The summed E-state index contributed by atoms with van der Waals surface area (Å²) < 4.78 is 11.7. The van der Waals surface area contributed by atoms with Gasteiger partial charge in [0.15, 0.2) is 11.2 Å². The maximum atomic E-state index is 11.6. The van der Waals surface area contributed by atoms with Crippen LogP contribution in [-0.2, 0) is 9.47 Å². The molecule has 10 nitrogen and oxygen atoms in total. The fourth-order valence-corrected chi connectivity index (χ4v) is 2.27. The number of nitrogen functional groups attached to an aromatic ring is 1. The number of rotatable bonds is 4. The molecule has 0 spiro atoms. The second-order valence-corrected chi connectivity index (χ2v) is 4.96. The number of fused-ring (bicyclic) bond motifs is 1. The number of aliphatic hydroxyl groups excluding tert-OH is 2. The third kappa shape index (κ3) is 4.05. The number of nitrogens with zero attached hydrogens (tertiary/aromatic N) is 3. The molecule has 3 rings (SSSR count). The van der Waals surface area contributed by atoms with Crippen LogP contribution in [0.25, 0.3) is 11.2 Å². The zero-order valence-corrected chi connectivity index (χ0v) is 12.8. The van der Waals surface area contributed by atoms with Gasteiger partial charge in [-0.1, -0.05) is 0 Å². The zero-order chi connectivity index (χ0) is 16.8. The van der Waals surface area contributed by atoms with Crippen LogP contribution in [0.1, 0.15) is 19.1 Å². The number of nitrogens with one attached hydrogen (secondary N) is 1. The minimum absolute atomic E-state index is 0.0146. The molecule has 0 saturated carbocycles. The molecule has 1 fully saturated rings. The maximum Gasteiger partial charge on any atom is 0.280 e. The van der Waals surface area contributed by atoms with E-state index in [1.54, 1.807) is 11.7 Å². The summed E-state index contributed by atoms with van der Waals surface area (Å²) in [4.78, 5) is 22.1. The summed E-state index contributed by atoms with van der Waals surface area (Å²) in [6, 6.07) is 0. The van der Waals surface area contributed by atoms with Gasteiger partial charge in [0.05, 0.1) is 32.3 Å². The fraction of sp³-hybridized carbons (Fsp3) is 0.615. The average Bonchev–Trinajstić information content (AvgIpc) is 3.14. The number of aliphatic hydroxyl groups is 2. The van der Waals surface area contributed by atoms with Gasteiger partial charge in [0.1, 0.15) is 6.23 Å². The van der Waals surface area contributed by atoms with Gasteiger partial charge in [-0.15, -0.1) is 0 Å². The summed E-state index contributed by atoms with van der Waals surface area (Å²) in [7, 11) is 1.55. The smallest absolute Gasteiger partial charge is 0.280 e. The third-order valence-electron chi connectivity index (χ3n) is 3.35. The molecule has 2 aromatic rings. The number of aromatic amines is 1. The van der Waals surface area contributed by atoms with Crippen molar-refractivity contribution in [3.8, 4) is 0 Å². The topological polar surface area (TPSA) is 149 Å². The van der Waals surface area contributed by atoms with Crippen molar-refractivity contribution in [3.63, 3.8) is 0 Å². The van der Waals surface area contributed by atoms with Crippen LogP contribution >= 0.6 is 0 Å². The number of imidazole rings is 1. The summed E-state index contributed by atoms with van der Waals surface area (Å²) >= 11 is 0. The lowest BCUT2D eigenvalue weighted by Gasteiger charge is -2.13. The van der Waals surface area contributed by atoms with Crippen molar-refractivity contribution in [2.45, 2.75) is 25.2 Å². The summed E-state index contributed by atoms with van der Waals surface area (Å²) in [6.07, 6.45) is 2.58. The van der Waals surface area contributed by atoms with Gasteiger partial charge in [0.2, 0.25) is 5.95 Å². The third-order valence-corrected chi connectivity index (χ3v) is 3.35. The number of nitrogens with two attached hydrogens (primary N) is 1. The Balaban J connectivity index is 0.000000338. The van der Waals surface area contributed by atoms with Gasteiger partial charge in [0.25, 0.3) is 5.56 Å². The summed E-state index contributed by atoms with van der Waals surface area (Å²) in [5.74, 6) is 0.0472. The molecule has 5 N–H and O–H groups in total. The van der Waals surface area contributed by atoms with Crippen molar-refractivity contribution in [1.82, 2.24) is 19.5 Å². The molecular formula is C13H21N5O5. The first-order valence-electron chi connectivity index (χ1n) is 7.19. The Labute approximate surface area is 131 Å². The Morgan fingerprint density at radius 3 is 2.87 bits per heavy atom. The monoisotopic (exact) mass is 327 g/mol. The van der Waals surface area contributed by atoms with E-state index in [1.165, 1.54) is 6.33 Å². The highest BCUT2D eigenvalue weighted by Crippen LogP contribution is 2.29. The molecule has 1 saturated heterocycles. The highest BCUT2D eigenvalue weighted by atomic mass is 16.5. The van der Waals surface area contributed by atoms with Crippen LogP contribution in [-0.4, -0.2) is 62.8 Å². The fourth-order valence-electron chi connectivity index (χ4n) is 2.27. The van der Waals surface area contributed by atoms with Crippen LogP contribution in [0.4, 0.5) is 5.95 Å². The summed E-state index contributed by atoms with van der Waals surface area (Å²) in [6.45, 7) is 0.551. The number of H-pyrrole nitrogens is 1. The molecule has 0 bridgehead atoms. The number of hydrogen-bond donors (Lipinski definition) is 4. The Morgan fingerprint density at radius 1 is 1.52 bits per heavy atom. The van der Waals surface area contributed by atoms with Crippen LogP contribution < -0.4 is 11.3 Å². The first-order chi connectivity index (χ1) is 11.1. The Kier molecular flexibility index (Phi) is 6.04. The maximum absolute atomic E-state index is 11.6. The second-order valence-electron chi connectivity index (χ2n) is 4.96. The molecule has 1 aliphatic heterocycles. The van der Waals surface area contributed by atoms with Gasteiger partial charge in [-0.2, -0.15) is 4.98 Å². The van der Waals surface area contributed by atoms with E-state index in [1.807, 2.05) is 0 Å². The first-order valence-corrected chi connectivity index (χ1v) is 7.19. The molecule has 2 unspecified atom stereocenters. The molecule has 0 radical (unpaired) electrons. The lowest BCUT2D eigenvalue weighted by molar-refractivity contribution is -0.0207. The number of ether oxygens (including phenoxy) is 2. The largest absolute Gasteiger partial charge is 0.394 e. The van der Waals surface area contributed by atoms with Gasteiger partial charge in [-0.25, -0.2) is 4.98 Å². The van der Waals surface area contributed by atoms with Crippen molar-refractivity contribution in [2.75, 3.05) is 32.7 Å². The normalized spacial score (nSPS) is 20.5. The number of aromatic nitrogens is 4. The van der Waals surface area contributed by atoms with Gasteiger partial charge in [-0.3, -0.25) is 14.3 Å². The van der Waals surface area contributed by atoms with E-state index in [0.717, 1.165) is 12.8 Å². The highest BCUT2D eigenvalue weighted by Gasteiger charge is 2.27. The second kappa shape index (κ2) is 8.02. The first kappa shape index (κ1) is 17.3. The molecule has 10 heteroatoms. The van der Waals surface area contributed by atoms with Crippen LogP contribution in [0.15, 0.2) is 11.1 Å². The van der Waals surface area contributed by atoms with Crippen molar-refractivity contribution in [1.29, 1.82) is 0 Å². The van der Waals surface area contributed by atoms with E-state index in [2.05, 4.69) is 19.7 Å². The summed E-state index contributed by atoms with van der Waals surface area (Å²) in [5, 5.41) is 17.0. The van der Waals surface area contributed by atoms with Crippen molar-refractivity contribution in [3.05, 3.63) is 16.7 Å². The minimum Gasteiger partial charge on any atom is -0.394 e. The Bertz CT molecular complexity index is 683. The van der Waals surface area contributed by atoms with Crippen LogP contribution in [0, 0.1) is 0 Å². The molecule has 0 aromatic carbocycles. The summed E-state index contributed by atoms with van der Waals surface area (Å²) in [5.41, 5.74) is 5.79. The molecule has 23 heavy (non-hydrogen) atoms. The van der Waals surface area contributed by atoms with E-state index < -0.39 is 0 Å². The van der Waals surface area contributed by atoms with Crippen LogP contribution in [0.3, 0.4) is 0 Å². The molecule has 0 aliphatic carbocycles. The molecule has 3 heterocycles. The Morgan fingerprint density at radius 2 is 2.30 bits per heavy atom. The lowest BCUT2D eigenvalue weighted by Crippen LogP contribution is -2.16. The number of anilines is 1. The van der Waals surface area contributed by atoms with E-state index >= 15 is 0 Å². The number of hydrogen-bond acceptors (Lipinski definition) is 8. The molecular weight excluding hydrogens is 306 g/mol. The van der Waals surface area contributed by atoms with Gasteiger partial charge < -0.3 is 25.4 Å². The predicted molar refractivity (Wildman–Crippen MR) is 81.8 cm³/mol. The number of methoxy groups -OCH3 is 1. The van der Waals surface area contributed by atoms with E-state index in [-0.39, 0.29) is 42.6 Å². The minimum atomic E-state index is -0.368. The highest BCUT2D eigenvalue weighted by molar-refractivity contribution is 5.70.